The number of ether oxygens (including phenoxy) is 4. The molecule has 5 rings (SSSR count). The van der Waals surface area contributed by atoms with Gasteiger partial charge < -0.3 is 14.4 Å². The van der Waals surface area contributed by atoms with Crippen molar-refractivity contribution in [1.82, 2.24) is 14.7 Å². The molecule has 3 amide bonds. The maximum atomic E-state index is 15.2. The van der Waals surface area contributed by atoms with Gasteiger partial charge in [0.25, 0.3) is 0 Å². The number of amides is 3. The Morgan fingerprint density at radius 2 is 1.96 bits per heavy atom. The molecule has 2 aromatic carbocycles. The minimum absolute atomic E-state index is 0.0617. The molecule has 16 heteroatoms. The minimum Gasteiger partial charge on any atom is -0.442 e. The molecule has 240 valence electrons. The Bertz CT molecular complexity index is 1550. The summed E-state index contributed by atoms with van der Waals surface area (Å²) >= 11 is 0. The summed E-state index contributed by atoms with van der Waals surface area (Å²) in [5.74, 6) is -1.27. The largest absolute Gasteiger partial charge is 0.469 e. The Hall–Kier alpha value is -4.30. The molecule has 0 radical (unpaired) electrons. The maximum absolute atomic E-state index is 15.2. The van der Waals surface area contributed by atoms with Crippen LogP contribution in [0, 0.1) is 5.82 Å². The fourth-order valence-electron chi connectivity index (χ4n) is 5.08. The highest BCUT2D eigenvalue weighted by molar-refractivity contribution is 7.17. The van der Waals surface area contributed by atoms with Crippen LogP contribution in [0.1, 0.15) is 30.7 Å². The Labute approximate surface area is 259 Å². The molecule has 3 atom stereocenters. The van der Waals surface area contributed by atoms with Crippen molar-refractivity contribution in [1.29, 1.82) is 0 Å². The molecule has 0 N–H and O–H groups in total. The van der Waals surface area contributed by atoms with Crippen LogP contribution in [0.15, 0.2) is 54.7 Å². The fourth-order valence-corrected chi connectivity index (χ4v) is 5.38. The van der Waals surface area contributed by atoms with E-state index in [0.29, 0.717) is 29.2 Å². The number of hydrogen-bond donors (Lipinski definition) is 0. The summed E-state index contributed by atoms with van der Waals surface area (Å²) < 4.78 is 55.3. The number of rotatable bonds is 12. The van der Waals surface area contributed by atoms with Crippen LogP contribution < -0.4 is 9.80 Å². The summed E-state index contributed by atoms with van der Waals surface area (Å²) in [7, 11) is -0.130. The SMILES string of the molecule is CCOC(OCc1ccccc1)(O[PH2]=O)OC(=O)N(CC1CN(c2ccc(N3Cc4cn(C)nc4C3)c(F)c2)C(=O)O1)C(C)=O. The van der Waals surface area contributed by atoms with E-state index in [1.807, 2.05) is 18.1 Å². The van der Waals surface area contributed by atoms with Gasteiger partial charge in [-0.15, -0.1) is 0 Å². The molecule has 3 heterocycles. The number of aryl methyl sites for hydroxylation is 1. The van der Waals surface area contributed by atoms with Gasteiger partial charge in [0, 0.05) is 32.3 Å². The second kappa shape index (κ2) is 13.8. The van der Waals surface area contributed by atoms with Gasteiger partial charge in [0.1, 0.15) is 11.9 Å². The summed E-state index contributed by atoms with van der Waals surface area (Å²) in [5, 5.41) is 4.39. The van der Waals surface area contributed by atoms with Crippen molar-refractivity contribution in [2.45, 2.75) is 45.8 Å². The molecule has 0 spiro atoms. The molecule has 1 saturated heterocycles. The lowest BCUT2D eigenvalue weighted by Gasteiger charge is -2.31. The van der Waals surface area contributed by atoms with E-state index >= 15 is 4.39 Å². The zero-order valence-corrected chi connectivity index (χ0v) is 26.0. The van der Waals surface area contributed by atoms with Gasteiger partial charge in [0.15, 0.2) is 8.69 Å². The third-order valence-electron chi connectivity index (χ3n) is 7.12. The van der Waals surface area contributed by atoms with Gasteiger partial charge in [0.05, 0.1) is 49.9 Å². The van der Waals surface area contributed by atoms with Gasteiger partial charge in [-0.25, -0.2) is 23.4 Å². The molecule has 2 aliphatic heterocycles. The summed E-state index contributed by atoms with van der Waals surface area (Å²) in [5.41, 5.74) is 3.18. The summed E-state index contributed by atoms with van der Waals surface area (Å²) in [6.45, 7) is 2.96. The number of benzene rings is 2. The highest BCUT2D eigenvalue weighted by Crippen LogP contribution is 2.33. The molecule has 2 aliphatic rings. The average Bonchev–Trinajstić information content (AvgIpc) is 3.67. The van der Waals surface area contributed by atoms with Gasteiger partial charge in [0.2, 0.25) is 5.91 Å². The van der Waals surface area contributed by atoms with E-state index in [4.69, 9.17) is 23.5 Å². The Balaban J connectivity index is 1.24. The van der Waals surface area contributed by atoms with Crippen molar-refractivity contribution in [2.24, 2.45) is 7.05 Å². The molecule has 3 unspecified atom stereocenters. The molecular formula is C29H33FN5O9P. The average molecular weight is 646 g/mol. The smallest absolute Gasteiger partial charge is 0.442 e. The lowest BCUT2D eigenvalue weighted by atomic mass is 10.2. The van der Waals surface area contributed by atoms with Crippen molar-refractivity contribution in [3.05, 3.63) is 77.4 Å². The van der Waals surface area contributed by atoms with Gasteiger partial charge in [-0.1, -0.05) is 30.3 Å². The van der Waals surface area contributed by atoms with Crippen molar-refractivity contribution in [3.8, 4) is 0 Å². The van der Waals surface area contributed by atoms with Crippen LogP contribution in [0.3, 0.4) is 0 Å². The van der Waals surface area contributed by atoms with E-state index in [9.17, 15) is 18.9 Å². The predicted molar refractivity (Wildman–Crippen MR) is 158 cm³/mol. The van der Waals surface area contributed by atoms with E-state index in [0.717, 1.165) is 18.2 Å². The molecule has 3 aromatic rings. The topological polar surface area (TPSA) is 142 Å². The lowest BCUT2D eigenvalue weighted by Crippen LogP contribution is -2.49. The Morgan fingerprint density at radius 1 is 1.18 bits per heavy atom. The van der Waals surface area contributed by atoms with E-state index in [1.165, 1.54) is 11.0 Å². The molecule has 14 nitrogen and oxygen atoms in total. The molecule has 0 saturated carbocycles. The van der Waals surface area contributed by atoms with Crippen molar-refractivity contribution in [2.75, 3.05) is 29.5 Å². The number of fused-ring (bicyclic) bond motifs is 1. The lowest BCUT2D eigenvalue weighted by molar-refractivity contribution is -0.452. The minimum atomic E-state index is -2.50. The molecule has 0 aliphatic carbocycles. The second-order valence-electron chi connectivity index (χ2n) is 10.3. The number of anilines is 2. The highest BCUT2D eigenvalue weighted by atomic mass is 31.1. The molecule has 1 aromatic heterocycles. The van der Waals surface area contributed by atoms with Gasteiger partial charge in [-0.3, -0.25) is 28.4 Å². The van der Waals surface area contributed by atoms with Crippen LogP contribution in [0.4, 0.5) is 25.4 Å². The molecule has 0 bridgehead atoms. The van der Waals surface area contributed by atoms with Crippen LogP contribution >= 0.6 is 8.69 Å². The standard InChI is InChI=1S/C29H33FN5O9P/c1-4-40-29(44-45-39,41-18-20-8-6-5-7-9-20)43-28(38)34(19(2)36)15-23-16-35(27(37)42-23)22-10-11-26(24(30)12-22)33-14-21-13-32(3)31-25(21)17-33/h5-13,23H,4,14-18,45H2,1-3H3. The van der Waals surface area contributed by atoms with E-state index in [1.54, 1.807) is 54.1 Å². The molecular weight excluding hydrogens is 612 g/mol. The summed E-state index contributed by atoms with van der Waals surface area (Å²) in [6, 6.07) is 13.2. The monoisotopic (exact) mass is 645 g/mol. The Kier molecular flexibility index (Phi) is 9.83. The number of carbonyl (C=O) groups is 3. The quantitative estimate of drug-likeness (QED) is 0.209. The Morgan fingerprint density at radius 3 is 2.62 bits per heavy atom. The highest BCUT2D eigenvalue weighted by Gasteiger charge is 2.43. The predicted octanol–water partition coefficient (Wildman–Crippen LogP) is 3.94. The first-order valence-electron chi connectivity index (χ1n) is 14.1. The van der Waals surface area contributed by atoms with Crippen molar-refractivity contribution < 1.29 is 46.8 Å². The van der Waals surface area contributed by atoms with Crippen molar-refractivity contribution >= 4 is 38.2 Å². The number of aromatic nitrogens is 2. The number of nitrogens with zero attached hydrogens (tertiary/aromatic N) is 5. The fraction of sp³-hybridized carbons (Fsp3) is 0.379. The van der Waals surface area contributed by atoms with Crippen LogP contribution in [0.2, 0.25) is 0 Å². The van der Waals surface area contributed by atoms with Gasteiger partial charge in [-0.05, 0) is 30.7 Å². The van der Waals surface area contributed by atoms with Gasteiger partial charge >= 0.3 is 18.3 Å². The first-order chi connectivity index (χ1) is 21.6. The maximum Gasteiger partial charge on any atom is 0.469 e. The first kappa shape index (κ1) is 32.1. The number of hydrogen-bond acceptors (Lipinski definition) is 11. The zero-order chi connectivity index (χ0) is 32.1. The zero-order valence-electron chi connectivity index (χ0n) is 24.9. The third kappa shape index (κ3) is 7.34. The van der Waals surface area contributed by atoms with E-state index in [-0.39, 0.29) is 25.4 Å². The number of carbonyl (C=O) groups excluding carboxylic acids is 3. The summed E-state index contributed by atoms with van der Waals surface area (Å²) in [6.07, 6.45) is -3.61. The summed E-state index contributed by atoms with van der Waals surface area (Å²) in [4.78, 5) is 42.2. The van der Waals surface area contributed by atoms with Crippen LogP contribution in [-0.4, -0.2) is 64.7 Å². The van der Waals surface area contributed by atoms with Crippen LogP contribution in [0.25, 0.3) is 0 Å². The normalized spacial score (nSPS) is 17.4. The molecule has 45 heavy (non-hydrogen) atoms. The van der Waals surface area contributed by atoms with Crippen molar-refractivity contribution in [3.63, 3.8) is 0 Å². The number of halogens is 1. The van der Waals surface area contributed by atoms with E-state index < -0.39 is 51.4 Å². The second-order valence-corrected chi connectivity index (χ2v) is 10.7. The third-order valence-corrected chi connectivity index (χ3v) is 7.51. The number of cyclic esters (lactones) is 1. The van der Waals surface area contributed by atoms with Crippen LogP contribution in [-0.2, 0) is 59.6 Å². The van der Waals surface area contributed by atoms with Gasteiger partial charge in [-0.2, -0.15) is 5.10 Å². The molecule has 1 fully saturated rings. The number of imide groups is 1. The first-order valence-corrected chi connectivity index (χ1v) is 15.0. The van der Waals surface area contributed by atoms with E-state index in [2.05, 4.69) is 5.10 Å². The van der Waals surface area contributed by atoms with Crippen LogP contribution in [0.5, 0.6) is 0 Å².